The van der Waals surface area contributed by atoms with E-state index in [4.69, 9.17) is 25.8 Å². The van der Waals surface area contributed by atoms with Crippen molar-refractivity contribution in [2.45, 2.75) is 65.9 Å². The van der Waals surface area contributed by atoms with Gasteiger partial charge in [-0.1, -0.05) is 33.6 Å². The molecule has 1 aliphatic heterocycles. The van der Waals surface area contributed by atoms with Crippen molar-refractivity contribution in [1.29, 1.82) is 0 Å². The quantitative estimate of drug-likeness (QED) is 0.332. The highest BCUT2D eigenvalue weighted by Crippen LogP contribution is 2.27. The predicted octanol–water partition coefficient (Wildman–Crippen LogP) is 6.98. The maximum atomic E-state index is 13.2. The van der Waals surface area contributed by atoms with Crippen LogP contribution in [0.5, 0.6) is 5.75 Å². The first-order valence-corrected chi connectivity index (χ1v) is 14.1. The smallest absolute Gasteiger partial charge is 0.410 e. The van der Waals surface area contributed by atoms with Gasteiger partial charge in [0.1, 0.15) is 23.6 Å². The number of carboxylic acid groups (broad SMARTS) is 1. The van der Waals surface area contributed by atoms with Gasteiger partial charge in [-0.3, -0.25) is 0 Å². The number of likely N-dealkylation sites (tertiary alicyclic amines) is 1. The van der Waals surface area contributed by atoms with Crippen molar-refractivity contribution in [1.82, 2.24) is 9.80 Å². The van der Waals surface area contributed by atoms with E-state index in [9.17, 15) is 19.5 Å². The number of halogens is 2. The van der Waals surface area contributed by atoms with Crippen LogP contribution in [0, 0.1) is 5.92 Å². The second-order valence-electron chi connectivity index (χ2n) is 11.8. The number of amides is 2. The minimum atomic E-state index is -1.12. The van der Waals surface area contributed by atoms with Gasteiger partial charge in [-0.25, -0.2) is 14.4 Å². The molecule has 1 heterocycles. The van der Waals surface area contributed by atoms with Gasteiger partial charge in [0, 0.05) is 47.2 Å². The summed E-state index contributed by atoms with van der Waals surface area (Å²) in [6, 6.07) is 9.98. The van der Waals surface area contributed by atoms with Crippen LogP contribution in [0.3, 0.4) is 0 Å². The molecule has 1 N–H and O–H groups in total. The highest BCUT2D eigenvalue weighted by Gasteiger charge is 2.36. The number of aromatic carboxylic acids is 1. The Bertz CT molecular complexity index is 1250. The van der Waals surface area contributed by atoms with Gasteiger partial charge in [-0.2, -0.15) is 0 Å². The molecule has 1 saturated heterocycles. The highest BCUT2D eigenvalue weighted by molar-refractivity contribution is 9.10. The summed E-state index contributed by atoms with van der Waals surface area (Å²) in [6.07, 6.45) is -0.924. The fourth-order valence-electron chi connectivity index (χ4n) is 3.98. The molecular formula is C29H36BrClN2O7. The lowest BCUT2D eigenvalue weighted by Crippen LogP contribution is -2.55. The standard InChI is InChI=1S/C29H36BrClN2O7/c1-28(2,3)39-26(36)32(14-19-15-33(16-19)27(37)40-29(4,5)6)13-18-9-21(25(34)35)11-23(10-18)38-17-20-7-8-22(31)12-24(20)30/h7-12,19H,13-17H2,1-6H3,(H,34,35). The Kier molecular flexibility index (Phi) is 10.0. The molecule has 3 rings (SSSR count). The lowest BCUT2D eigenvalue weighted by molar-refractivity contribution is -0.0123. The van der Waals surface area contributed by atoms with Gasteiger partial charge in [-0.15, -0.1) is 0 Å². The fraction of sp³-hybridized carbons (Fsp3) is 0.483. The second-order valence-corrected chi connectivity index (χ2v) is 13.1. The summed E-state index contributed by atoms with van der Waals surface area (Å²) in [5.41, 5.74) is 0.122. The molecule has 2 amide bonds. The minimum Gasteiger partial charge on any atom is -0.489 e. The van der Waals surface area contributed by atoms with Crippen molar-refractivity contribution >= 4 is 45.7 Å². The maximum Gasteiger partial charge on any atom is 0.410 e. The number of benzene rings is 2. The SMILES string of the molecule is CC(C)(C)OC(=O)N(Cc1cc(OCc2ccc(Cl)cc2Br)cc(C(=O)O)c1)CC1CN(C(=O)OC(C)(C)C)C1. The lowest BCUT2D eigenvalue weighted by atomic mass is 9.99. The van der Waals surface area contributed by atoms with Crippen molar-refractivity contribution in [3.8, 4) is 5.75 Å². The average molecular weight is 640 g/mol. The molecule has 0 atom stereocenters. The van der Waals surface area contributed by atoms with Crippen LogP contribution in [0.15, 0.2) is 40.9 Å². The summed E-state index contributed by atoms with van der Waals surface area (Å²) in [6.45, 7) is 12.2. The molecule has 11 heteroatoms. The topological polar surface area (TPSA) is 106 Å². The Morgan fingerprint density at radius 3 is 2.25 bits per heavy atom. The normalized spacial score (nSPS) is 13.8. The molecule has 2 aromatic rings. The molecule has 1 aliphatic rings. The Hall–Kier alpha value is -2.98. The van der Waals surface area contributed by atoms with Crippen molar-refractivity contribution in [2.24, 2.45) is 5.92 Å². The predicted molar refractivity (Wildman–Crippen MR) is 155 cm³/mol. The molecule has 0 unspecified atom stereocenters. The monoisotopic (exact) mass is 638 g/mol. The molecule has 0 aromatic heterocycles. The molecule has 40 heavy (non-hydrogen) atoms. The van der Waals surface area contributed by atoms with E-state index >= 15 is 0 Å². The van der Waals surface area contributed by atoms with Crippen LogP contribution in [-0.4, -0.2) is 63.9 Å². The van der Waals surface area contributed by atoms with Crippen LogP contribution in [0.25, 0.3) is 0 Å². The van der Waals surface area contributed by atoms with E-state index < -0.39 is 29.4 Å². The van der Waals surface area contributed by atoms with Crippen LogP contribution in [0.4, 0.5) is 9.59 Å². The number of carboxylic acids is 1. The van der Waals surface area contributed by atoms with Gasteiger partial charge in [0.2, 0.25) is 0 Å². The van der Waals surface area contributed by atoms with Crippen LogP contribution in [-0.2, 0) is 22.6 Å². The molecule has 0 aliphatic carbocycles. The number of rotatable bonds is 8. The average Bonchev–Trinajstić information content (AvgIpc) is 2.77. The van der Waals surface area contributed by atoms with Gasteiger partial charge in [0.25, 0.3) is 0 Å². The Morgan fingerprint density at radius 1 is 1.02 bits per heavy atom. The molecule has 0 spiro atoms. The van der Waals surface area contributed by atoms with E-state index in [0.29, 0.717) is 36.0 Å². The van der Waals surface area contributed by atoms with Gasteiger partial charge < -0.3 is 29.1 Å². The van der Waals surface area contributed by atoms with Crippen molar-refractivity contribution < 1.29 is 33.7 Å². The molecule has 1 fully saturated rings. The summed E-state index contributed by atoms with van der Waals surface area (Å²) in [4.78, 5) is 40.5. The first-order chi connectivity index (χ1) is 18.5. The molecule has 2 aromatic carbocycles. The van der Waals surface area contributed by atoms with Gasteiger partial charge in [0.15, 0.2) is 0 Å². The third kappa shape index (κ3) is 9.59. The summed E-state index contributed by atoms with van der Waals surface area (Å²) < 4.78 is 17.8. The van der Waals surface area contributed by atoms with Crippen molar-refractivity contribution in [2.75, 3.05) is 19.6 Å². The molecule has 218 valence electrons. The lowest BCUT2D eigenvalue weighted by Gasteiger charge is -2.42. The number of hydrogen-bond acceptors (Lipinski definition) is 6. The van der Waals surface area contributed by atoms with Crippen molar-refractivity contribution in [3.63, 3.8) is 0 Å². The first kappa shape index (κ1) is 31.5. The molecular weight excluding hydrogens is 604 g/mol. The van der Waals surface area contributed by atoms with Crippen LogP contribution in [0.2, 0.25) is 5.02 Å². The molecule has 9 nitrogen and oxygen atoms in total. The van der Waals surface area contributed by atoms with Crippen molar-refractivity contribution in [3.05, 3.63) is 62.6 Å². The zero-order chi connectivity index (χ0) is 29.8. The molecule has 0 bridgehead atoms. The minimum absolute atomic E-state index is 0.0145. The third-order valence-electron chi connectivity index (χ3n) is 5.74. The van der Waals surface area contributed by atoms with Gasteiger partial charge in [-0.05, 0) is 77.4 Å². The number of carbonyl (C=O) groups is 3. The Labute approximate surface area is 248 Å². The third-order valence-corrected chi connectivity index (χ3v) is 6.71. The summed E-state index contributed by atoms with van der Waals surface area (Å²) in [7, 11) is 0. The fourth-order valence-corrected chi connectivity index (χ4v) is 4.78. The van der Waals surface area contributed by atoms with E-state index in [0.717, 1.165) is 10.0 Å². The summed E-state index contributed by atoms with van der Waals surface area (Å²) in [5.74, 6) is -0.753. The summed E-state index contributed by atoms with van der Waals surface area (Å²) in [5, 5.41) is 10.3. The first-order valence-electron chi connectivity index (χ1n) is 12.9. The van der Waals surface area contributed by atoms with Gasteiger partial charge >= 0.3 is 18.2 Å². The van der Waals surface area contributed by atoms with Crippen LogP contribution < -0.4 is 4.74 Å². The molecule has 0 saturated carbocycles. The number of ether oxygens (including phenoxy) is 3. The number of carbonyl (C=O) groups excluding carboxylic acids is 2. The Morgan fingerprint density at radius 2 is 1.68 bits per heavy atom. The Balaban J connectivity index is 1.77. The highest BCUT2D eigenvalue weighted by atomic mass is 79.9. The number of nitrogens with zero attached hydrogens (tertiary/aromatic N) is 2. The number of hydrogen-bond donors (Lipinski definition) is 1. The largest absolute Gasteiger partial charge is 0.489 e. The van der Waals surface area contributed by atoms with E-state index in [1.807, 2.05) is 26.8 Å². The van der Waals surface area contributed by atoms with E-state index in [-0.39, 0.29) is 24.6 Å². The van der Waals surface area contributed by atoms with Crippen LogP contribution >= 0.6 is 27.5 Å². The van der Waals surface area contributed by atoms with E-state index in [2.05, 4.69) is 15.9 Å². The summed E-state index contributed by atoms with van der Waals surface area (Å²) >= 11 is 9.48. The second kappa shape index (κ2) is 12.7. The molecule has 0 radical (unpaired) electrons. The van der Waals surface area contributed by atoms with Gasteiger partial charge in [0.05, 0.1) is 5.56 Å². The van der Waals surface area contributed by atoms with E-state index in [1.54, 1.807) is 43.9 Å². The zero-order valence-electron chi connectivity index (χ0n) is 23.6. The zero-order valence-corrected chi connectivity index (χ0v) is 26.0. The van der Waals surface area contributed by atoms with Crippen LogP contribution in [0.1, 0.15) is 63.0 Å². The maximum absolute atomic E-state index is 13.2. The van der Waals surface area contributed by atoms with E-state index in [1.165, 1.54) is 17.0 Å².